The molecule has 2 unspecified atom stereocenters. The molecule has 0 aromatic heterocycles. The van der Waals surface area contributed by atoms with Gasteiger partial charge in [0.2, 0.25) is 0 Å². The monoisotopic (exact) mass is 254 g/mol. The number of hydrogen-bond acceptors (Lipinski definition) is 3. The summed E-state index contributed by atoms with van der Waals surface area (Å²) in [5.41, 5.74) is 7.88. The SMILES string of the molecule is CC1CN(Cc2ccc(Cl)cc2N)C(C)CO1. The van der Waals surface area contributed by atoms with Crippen LogP contribution >= 0.6 is 11.6 Å². The summed E-state index contributed by atoms with van der Waals surface area (Å²) in [6, 6.07) is 6.14. The molecule has 94 valence electrons. The van der Waals surface area contributed by atoms with E-state index >= 15 is 0 Å². The molecular formula is C13H19ClN2O. The minimum Gasteiger partial charge on any atom is -0.398 e. The number of rotatable bonds is 2. The summed E-state index contributed by atoms with van der Waals surface area (Å²) in [5.74, 6) is 0. The summed E-state index contributed by atoms with van der Waals surface area (Å²) in [7, 11) is 0. The molecule has 1 aromatic rings. The zero-order valence-corrected chi connectivity index (χ0v) is 11.1. The van der Waals surface area contributed by atoms with Gasteiger partial charge in [-0.3, -0.25) is 4.90 Å². The molecule has 1 saturated heterocycles. The van der Waals surface area contributed by atoms with Crippen molar-refractivity contribution in [1.82, 2.24) is 4.90 Å². The van der Waals surface area contributed by atoms with Crippen LogP contribution in [-0.4, -0.2) is 30.2 Å². The lowest BCUT2D eigenvalue weighted by molar-refractivity contribution is -0.0526. The number of benzene rings is 1. The number of halogens is 1. The van der Waals surface area contributed by atoms with Gasteiger partial charge in [-0.15, -0.1) is 0 Å². The number of nitrogens with zero attached hydrogens (tertiary/aromatic N) is 1. The number of hydrogen-bond donors (Lipinski definition) is 1. The first-order valence-corrected chi connectivity index (χ1v) is 6.33. The van der Waals surface area contributed by atoms with Gasteiger partial charge in [0.25, 0.3) is 0 Å². The largest absolute Gasteiger partial charge is 0.398 e. The first-order chi connectivity index (χ1) is 8.06. The van der Waals surface area contributed by atoms with Gasteiger partial charge in [-0.25, -0.2) is 0 Å². The third-order valence-corrected chi connectivity index (χ3v) is 3.45. The van der Waals surface area contributed by atoms with Crippen LogP contribution in [0.1, 0.15) is 19.4 Å². The molecule has 0 radical (unpaired) electrons. The molecule has 1 aliphatic heterocycles. The zero-order valence-electron chi connectivity index (χ0n) is 10.3. The molecule has 1 fully saturated rings. The summed E-state index contributed by atoms with van der Waals surface area (Å²) in [6.07, 6.45) is 0.291. The Balaban J connectivity index is 2.08. The lowest BCUT2D eigenvalue weighted by Gasteiger charge is -2.37. The van der Waals surface area contributed by atoms with Crippen molar-refractivity contribution in [3.05, 3.63) is 28.8 Å². The lowest BCUT2D eigenvalue weighted by Crippen LogP contribution is -2.46. The van der Waals surface area contributed by atoms with E-state index in [1.54, 1.807) is 0 Å². The van der Waals surface area contributed by atoms with Crippen LogP contribution in [-0.2, 0) is 11.3 Å². The minimum atomic E-state index is 0.291. The van der Waals surface area contributed by atoms with Gasteiger partial charge in [0.15, 0.2) is 0 Å². The Morgan fingerprint density at radius 2 is 2.24 bits per heavy atom. The van der Waals surface area contributed by atoms with Crippen LogP contribution in [0.4, 0.5) is 5.69 Å². The van der Waals surface area contributed by atoms with E-state index in [-0.39, 0.29) is 0 Å². The molecule has 2 rings (SSSR count). The first-order valence-electron chi connectivity index (χ1n) is 5.96. The third kappa shape index (κ3) is 3.12. The van der Waals surface area contributed by atoms with Crippen molar-refractivity contribution in [1.29, 1.82) is 0 Å². The molecule has 1 aliphatic rings. The average Bonchev–Trinajstić information content (AvgIpc) is 2.27. The van der Waals surface area contributed by atoms with Crippen LogP contribution in [0.3, 0.4) is 0 Å². The van der Waals surface area contributed by atoms with Gasteiger partial charge in [-0.05, 0) is 31.5 Å². The van der Waals surface area contributed by atoms with Gasteiger partial charge in [-0.2, -0.15) is 0 Å². The fraction of sp³-hybridized carbons (Fsp3) is 0.538. The maximum Gasteiger partial charge on any atom is 0.0674 e. The molecule has 0 aliphatic carbocycles. The molecule has 2 N–H and O–H groups in total. The second-order valence-corrected chi connectivity index (χ2v) is 5.20. The highest BCUT2D eigenvalue weighted by atomic mass is 35.5. The Labute approximate surface area is 107 Å². The molecule has 17 heavy (non-hydrogen) atoms. The molecule has 2 atom stereocenters. The normalized spacial score (nSPS) is 26.1. The number of morpholine rings is 1. The Morgan fingerprint density at radius 3 is 2.94 bits per heavy atom. The van der Waals surface area contributed by atoms with E-state index in [9.17, 15) is 0 Å². The van der Waals surface area contributed by atoms with Crippen LogP contribution in [0.15, 0.2) is 18.2 Å². The van der Waals surface area contributed by atoms with Crippen molar-refractivity contribution in [3.63, 3.8) is 0 Å². The molecule has 0 amide bonds. The zero-order chi connectivity index (χ0) is 12.4. The number of anilines is 1. The highest BCUT2D eigenvalue weighted by molar-refractivity contribution is 6.30. The molecule has 0 saturated carbocycles. The van der Waals surface area contributed by atoms with Crippen LogP contribution in [0.2, 0.25) is 5.02 Å². The van der Waals surface area contributed by atoms with Crippen molar-refractivity contribution in [2.75, 3.05) is 18.9 Å². The molecule has 1 heterocycles. The van der Waals surface area contributed by atoms with Crippen LogP contribution < -0.4 is 5.73 Å². The minimum absolute atomic E-state index is 0.291. The Bertz CT molecular complexity index is 397. The number of ether oxygens (including phenoxy) is 1. The summed E-state index contributed by atoms with van der Waals surface area (Å²) in [4.78, 5) is 2.40. The van der Waals surface area contributed by atoms with Crippen molar-refractivity contribution in [2.24, 2.45) is 0 Å². The third-order valence-electron chi connectivity index (χ3n) is 3.22. The quantitative estimate of drug-likeness (QED) is 0.825. The van der Waals surface area contributed by atoms with E-state index in [1.807, 2.05) is 18.2 Å². The van der Waals surface area contributed by atoms with Crippen molar-refractivity contribution >= 4 is 17.3 Å². The van der Waals surface area contributed by atoms with Gasteiger partial charge in [0.05, 0.1) is 12.7 Å². The molecular weight excluding hydrogens is 236 g/mol. The smallest absolute Gasteiger partial charge is 0.0674 e. The van der Waals surface area contributed by atoms with E-state index in [1.165, 1.54) is 0 Å². The topological polar surface area (TPSA) is 38.5 Å². The Kier molecular flexibility index (Phi) is 3.92. The second kappa shape index (κ2) is 5.25. The summed E-state index contributed by atoms with van der Waals surface area (Å²) < 4.78 is 5.61. The molecule has 3 nitrogen and oxygen atoms in total. The van der Waals surface area contributed by atoms with Gasteiger partial charge in [0.1, 0.15) is 0 Å². The molecule has 1 aromatic carbocycles. The predicted octanol–water partition coefficient (Wildman–Crippen LogP) is 2.53. The Hall–Kier alpha value is -0.770. The second-order valence-electron chi connectivity index (χ2n) is 4.77. The van der Waals surface area contributed by atoms with Crippen molar-refractivity contribution in [2.45, 2.75) is 32.5 Å². The molecule has 0 spiro atoms. The summed E-state index contributed by atoms with van der Waals surface area (Å²) >= 11 is 5.90. The van der Waals surface area contributed by atoms with Crippen molar-refractivity contribution < 1.29 is 4.74 Å². The van der Waals surface area contributed by atoms with Gasteiger partial charge < -0.3 is 10.5 Å². The van der Waals surface area contributed by atoms with E-state index in [2.05, 4.69) is 18.7 Å². The summed E-state index contributed by atoms with van der Waals surface area (Å²) in [5, 5.41) is 0.689. The van der Waals surface area contributed by atoms with Crippen LogP contribution in [0.25, 0.3) is 0 Å². The standard InChI is InChI=1S/C13H19ClN2O/c1-9-8-17-10(2)6-16(9)7-11-3-4-12(14)5-13(11)15/h3-5,9-10H,6-8,15H2,1-2H3. The Morgan fingerprint density at radius 1 is 1.47 bits per heavy atom. The highest BCUT2D eigenvalue weighted by Crippen LogP contribution is 2.22. The lowest BCUT2D eigenvalue weighted by atomic mass is 10.1. The van der Waals surface area contributed by atoms with E-state index in [0.29, 0.717) is 17.2 Å². The van der Waals surface area contributed by atoms with E-state index in [0.717, 1.165) is 30.9 Å². The molecule has 0 bridgehead atoms. The first kappa shape index (κ1) is 12.7. The van der Waals surface area contributed by atoms with E-state index < -0.39 is 0 Å². The van der Waals surface area contributed by atoms with Crippen LogP contribution in [0.5, 0.6) is 0 Å². The maximum atomic E-state index is 5.98. The summed E-state index contributed by atoms with van der Waals surface area (Å²) in [6.45, 7) is 6.87. The molecule has 4 heteroatoms. The van der Waals surface area contributed by atoms with Gasteiger partial charge in [0, 0.05) is 29.8 Å². The van der Waals surface area contributed by atoms with Crippen molar-refractivity contribution in [3.8, 4) is 0 Å². The maximum absolute atomic E-state index is 5.98. The predicted molar refractivity (Wildman–Crippen MR) is 71.2 cm³/mol. The van der Waals surface area contributed by atoms with Gasteiger partial charge in [-0.1, -0.05) is 17.7 Å². The fourth-order valence-electron chi connectivity index (χ4n) is 2.12. The average molecular weight is 255 g/mol. The number of nitrogen functional groups attached to an aromatic ring is 1. The van der Waals surface area contributed by atoms with Crippen LogP contribution in [0, 0.1) is 0 Å². The highest BCUT2D eigenvalue weighted by Gasteiger charge is 2.23. The van der Waals surface area contributed by atoms with Gasteiger partial charge >= 0.3 is 0 Å². The number of nitrogens with two attached hydrogens (primary N) is 1. The van der Waals surface area contributed by atoms with E-state index in [4.69, 9.17) is 22.1 Å². The fourth-order valence-corrected chi connectivity index (χ4v) is 2.30.